The summed E-state index contributed by atoms with van der Waals surface area (Å²) in [6, 6.07) is 7.31. The molecule has 0 aliphatic carbocycles. The topological polar surface area (TPSA) is 43.4 Å². The van der Waals surface area contributed by atoms with E-state index in [1.54, 1.807) is 25.4 Å². The van der Waals surface area contributed by atoms with Crippen LogP contribution in [-0.2, 0) is 6.54 Å². The monoisotopic (exact) mass is 298 g/mol. The maximum absolute atomic E-state index is 12.4. The average molecular weight is 298 g/mol. The van der Waals surface area contributed by atoms with Crippen LogP contribution in [0.2, 0.25) is 0 Å². The summed E-state index contributed by atoms with van der Waals surface area (Å²) in [7, 11) is 1.75. The number of alkyl halides is 3. The van der Waals surface area contributed by atoms with Gasteiger partial charge in [0.2, 0.25) is 0 Å². The van der Waals surface area contributed by atoms with E-state index in [-0.39, 0.29) is 5.75 Å². The summed E-state index contributed by atoms with van der Waals surface area (Å²) in [5.74, 6) is -0.0606. The average Bonchev–Trinajstić information content (AvgIpc) is 2.42. The quantitative estimate of drug-likeness (QED) is 0.917. The number of rotatable bonds is 5. The molecule has 0 radical (unpaired) electrons. The number of halogens is 3. The fraction of sp³-hybridized carbons (Fsp3) is 0.214. The highest BCUT2D eigenvalue weighted by Crippen LogP contribution is 2.35. The Labute approximate surface area is 119 Å². The molecule has 0 saturated carbocycles. The van der Waals surface area contributed by atoms with Crippen LogP contribution in [-0.4, -0.2) is 18.4 Å². The first-order valence-corrected chi connectivity index (χ1v) is 6.09. The summed E-state index contributed by atoms with van der Waals surface area (Å²) in [5, 5.41) is 2.94. The first kappa shape index (κ1) is 15.1. The molecule has 0 unspecified atom stereocenters. The van der Waals surface area contributed by atoms with E-state index < -0.39 is 12.1 Å². The summed E-state index contributed by atoms with van der Waals surface area (Å²) in [6.07, 6.45) is -1.75. The van der Waals surface area contributed by atoms with E-state index >= 15 is 0 Å². The van der Waals surface area contributed by atoms with Crippen LogP contribution in [0.5, 0.6) is 17.2 Å². The number of nitrogens with one attached hydrogen (secondary N) is 1. The molecule has 0 aliphatic heterocycles. The van der Waals surface area contributed by atoms with Crippen molar-refractivity contribution in [3.8, 4) is 17.2 Å². The van der Waals surface area contributed by atoms with Crippen LogP contribution in [0.3, 0.4) is 0 Å². The van der Waals surface area contributed by atoms with Crippen molar-refractivity contribution >= 4 is 0 Å². The second-order valence-electron chi connectivity index (χ2n) is 4.11. The first-order valence-electron chi connectivity index (χ1n) is 6.09. The van der Waals surface area contributed by atoms with Crippen LogP contribution in [0, 0.1) is 0 Å². The van der Waals surface area contributed by atoms with Gasteiger partial charge in [-0.25, -0.2) is 0 Å². The molecule has 0 aliphatic rings. The van der Waals surface area contributed by atoms with E-state index in [1.165, 1.54) is 24.4 Å². The Hall–Kier alpha value is -2.28. The van der Waals surface area contributed by atoms with Crippen LogP contribution in [0.15, 0.2) is 42.7 Å². The molecule has 0 saturated heterocycles. The molecule has 4 nitrogen and oxygen atoms in total. The molecule has 2 aromatic rings. The van der Waals surface area contributed by atoms with Gasteiger partial charge in [-0.15, -0.1) is 13.2 Å². The van der Waals surface area contributed by atoms with Gasteiger partial charge in [-0.1, -0.05) is 12.1 Å². The zero-order chi connectivity index (χ0) is 15.3. The van der Waals surface area contributed by atoms with Gasteiger partial charge in [0.1, 0.15) is 5.75 Å². The molecule has 112 valence electrons. The van der Waals surface area contributed by atoms with Crippen LogP contribution in [0.25, 0.3) is 0 Å². The molecule has 0 bridgehead atoms. The number of benzene rings is 1. The minimum absolute atomic E-state index is 0.0276. The molecule has 0 atom stereocenters. The normalized spacial score (nSPS) is 11.2. The molecule has 2 rings (SSSR count). The molecule has 0 fully saturated rings. The van der Waals surface area contributed by atoms with Crippen molar-refractivity contribution in [1.29, 1.82) is 0 Å². The van der Waals surface area contributed by atoms with Crippen molar-refractivity contribution in [2.24, 2.45) is 0 Å². The van der Waals surface area contributed by atoms with Crippen LogP contribution < -0.4 is 14.8 Å². The van der Waals surface area contributed by atoms with Gasteiger partial charge in [0.15, 0.2) is 11.5 Å². The third-order valence-corrected chi connectivity index (χ3v) is 2.53. The molecular formula is C14H13F3N2O2. The summed E-state index contributed by atoms with van der Waals surface area (Å²) < 4.78 is 46.5. The summed E-state index contributed by atoms with van der Waals surface area (Å²) in [5.41, 5.74) is 0.773. The zero-order valence-electron chi connectivity index (χ0n) is 11.1. The standard InChI is InChI=1S/C14H13F3N2O2/c1-18-8-10-6-7-19-9-13(10)20-11-4-2-3-5-12(11)21-14(15,16)17/h2-7,9,18H,8H2,1H3. The lowest BCUT2D eigenvalue weighted by molar-refractivity contribution is -0.275. The van der Waals surface area contributed by atoms with Gasteiger partial charge in [0.25, 0.3) is 0 Å². The van der Waals surface area contributed by atoms with Gasteiger partial charge < -0.3 is 14.8 Å². The fourth-order valence-electron chi connectivity index (χ4n) is 1.70. The van der Waals surface area contributed by atoms with E-state index in [1.807, 2.05) is 0 Å². The molecule has 21 heavy (non-hydrogen) atoms. The van der Waals surface area contributed by atoms with Crippen molar-refractivity contribution in [2.75, 3.05) is 7.05 Å². The van der Waals surface area contributed by atoms with E-state index in [0.29, 0.717) is 12.3 Å². The van der Waals surface area contributed by atoms with Gasteiger partial charge in [-0.3, -0.25) is 4.98 Å². The first-order chi connectivity index (χ1) is 9.99. The van der Waals surface area contributed by atoms with Gasteiger partial charge in [-0.05, 0) is 25.2 Å². The maximum atomic E-state index is 12.4. The summed E-state index contributed by atoms with van der Waals surface area (Å²) >= 11 is 0. The molecule has 0 amide bonds. The number of aromatic nitrogens is 1. The van der Waals surface area contributed by atoms with Crippen LogP contribution in [0.1, 0.15) is 5.56 Å². The number of hydrogen-bond acceptors (Lipinski definition) is 4. The number of ether oxygens (including phenoxy) is 2. The smallest absolute Gasteiger partial charge is 0.451 e. The van der Waals surface area contributed by atoms with Gasteiger partial charge in [0.05, 0.1) is 6.20 Å². The second-order valence-corrected chi connectivity index (χ2v) is 4.11. The van der Waals surface area contributed by atoms with E-state index in [2.05, 4.69) is 15.0 Å². The number of nitrogens with zero attached hydrogens (tertiary/aromatic N) is 1. The van der Waals surface area contributed by atoms with Crippen molar-refractivity contribution in [2.45, 2.75) is 12.9 Å². The minimum Gasteiger partial charge on any atom is -0.451 e. The van der Waals surface area contributed by atoms with Crippen molar-refractivity contribution in [3.63, 3.8) is 0 Å². The minimum atomic E-state index is -4.78. The fourth-order valence-corrected chi connectivity index (χ4v) is 1.70. The predicted molar refractivity (Wildman–Crippen MR) is 70.2 cm³/mol. The Balaban J connectivity index is 2.28. The Morgan fingerprint density at radius 2 is 1.81 bits per heavy atom. The zero-order valence-corrected chi connectivity index (χ0v) is 11.1. The summed E-state index contributed by atoms with van der Waals surface area (Å²) in [4.78, 5) is 3.91. The Morgan fingerprint density at radius 1 is 1.10 bits per heavy atom. The van der Waals surface area contributed by atoms with E-state index in [0.717, 1.165) is 5.56 Å². The Kier molecular flexibility index (Phi) is 4.64. The summed E-state index contributed by atoms with van der Waals surface area (Å²) in [6.45, 7) is 0.500. The molecule has 1 aromatic carbocycles. The molecule has 7 heteroatoms. The van der Waals surface area contributed by atoms with E-state index in [4.69, 9.17) is 4.74 Å². The molecular weight excluding hydrogens is 285 g/mol. The lowest BCUT2D eigenvalue weighted by Gasteiger charge is -2.15. The lowest BCUT2D eigenvalue weighted by Crippen LogP contribution is -2.17. The van der Waals surface area contributed by atoms with Crippen molar-refractivity contribution < 1.29 is 22.6 Å². The maximum Gasteiger partial charge on any atom is 0.573 e. The molecule has 1 aromatic heterocycles. The predicted octanol–water partition coefficient (Wildman–Crippen LogP) is 3.49. The van der Waals surface area contributed by atoms with Gasteiger partial charge >= 0.3 is 6.36 Å². The Morgan fingerprint density at radius 3 is 2.48 bits per heavy atom. The largest absolute Gasteiger partial charge is 0.573 e. The third kappa shape index (κ3) is 4.35. The highest BCUT2D eigenvalue weighted by Gasteiger charge is 2.32. The van der Waals surface area contributed by atoms with Gasteiger partial charge in [-0.2, -0.15) is 0 Å². The van der Waals surface area contributed by atoms with Crippen LogP contribution in [0.4, 0.5) is 13.2 Å². The molecule has 1 N–H and O–H groups in total. The number of pyridine rings is 1. The molecule has 1 heterocycles. The van der Waals surface area contributed by atoms with Crippen LogP contribution >= 0.6 is 0 Å². The SMILES string of the molecule is CNCc1ccncc1Oc1ccccc1OC(F)(F)F. The van der Waals surface area contributed by atoms with Crippen molar-refractivity contribution in [1.82, 2.24) is 10.3 Å². The highest BCUT2D eigenvalue weighted by molar-refractivity contribution is 5.44. The highest BCUT2D eigenvalue weighted by atomic mass is 19.4. The molecule has 0 spiro atoms. The Bertz CT molecular complexity index is 603. The number of hydrogen-bond donors (Lipinski definition) is 1. The number of para-hydroxylation sites is 2. The second kappa shape index (κ2) is 6.45. The lowest BCUT2D eigenvalue weighted by atomic mass is 10.2. The third-order valence-electron chi connectivity index (χ3n) is 2.53. The van der Waals surface area contributed by atoms with Gasteiger partial charge in [0, 0.05) is 18.3 Å². The van der Waals surface area contributed by atoms with E-state index in [9.17, 15) is 13.2 Å². The van der Waals surface area contributed by atoms with Crippen molar-refractivity contribution in [3.05, 3.63) is 48.3 Å².